The minimum Gasteiger partial charge on any atom is -0.367 e. The fourth-order valence-electron chi connectivity index (χ4n) is 1.48. The van der Waals surface area contributed by atoms with E-state index in [9.17, 15) is 4.79 Å². The van der Waals surface area contributed by atoms with Gasteiger partial charge in [-0.15, -0.1) is 10.2 Å². The summed E-state index contributed by atoms with van der Waals surface area (Å²) in [5.41, 5.74) is 6.21. The highest BCUT2D eigenvalue weighted by molar-refractivity contribution is 5.91. The third-order valence-electron chi connectivity index (χ3n) is 2.49. The van der Waals surface area contributed by atoms with Gasteiger partial charge in [-0.05, 0) is 18.6 Å². The molecule has 6 heteroatoms. The van der Waals surface area contributed by atoms with Crippen LogP contribution < -0.4 is 11.1 Å². The summed E-state index contributed by atoms with van der Waals surface area (Å²) >= 11 is 0. The molecular formula is C12H21N5O. The number of carbonyl (C=O) groups excluding carboxylic acids is 1. The first-order chi connectivity index (χ1) is 8.54. The highest BCUT2D eigenvalue weighted by atomic mass is 16.2. The minimum atomic E-state index is -0.156. The lowest BCUT2D eigenvalue weighted by Gasteiger charge is -2.12. The number of rotatable bonds is 6. The maximum absolute atomic E-state index is 11.6. The van der Waals surface area contributed by atoms with Crippen LogP contribution in [0.1, 0.15) is 30.3 Å². The molecule has 100 valence electrons. The lowest BCUT2D eigenvalue weighted by molar-refractivity contribution is 0.0821. The number of hydrogen-bond donors (Lipinski definition) is 2. The first-order valence-electron chi connectivity index (χ1n) is 6.09. The largest absolute Gasteiger partial charge is 0.367 e. The van der Waals surface area contributed by atoms with Gasteiger partial charge in [-0.1, -0.05) is 13.3 Å². The van der Waals surface area contributed by atoms with Gasteiger partial charge in [-0.25, -0.2) is 0 Å². The van der Waals surface area contributed by atoms with Crippen LogP contribution in [0, 0.1) is 0 Å². The van der Waals surface area contributed by atoms with E-state index in [1.165, 1.54) is 4.90 Å². The maximum atomic E-state index is 11.6. The third kappa shape index (κ3) is 4.29. The summed E-state index contributed by atoms with van der Waals surface area (Å²) in [5.74, 6) is 0.480. The Labute approximate surface area is 108 Å². The van der Waals surface area contributed by atoms with E-state index in [2.05, 4.69) is 22.4 Å². The number of nitrogens with one attached hydrogen (secondary N) is 1. The molecule has 3 N–H and O–H groups in total. The number of anilines is 1. The summed E-state index contributed by atoms with van der Waals surface area (Å²) in [7, 11) is 3.36. The van der Waals surface area contributed by atoms with Crippen LogP contribution in [0.4, 0.5) is 5.82 Å². The molecule has 0 aliphatic rings. The molecule has 1 heterocycles. The molecule has 1 amide bonds. The summed E-state index contributed by atoms with van der Waals surface area (Å²) in [6, 6.07) is 3.51. The number of aromatic nitrogens is 2. The Morgan fingerprint density at radius 1 is 1.44 bits per heavy atom. The number of amides is 1. The molecular weight excluding hydrogens is 230 g/mol. The average Bonchev–Trinajstić information content (AvgIpc) is 2.36. The van der Waals surface area contributed by atoms with E-state index in [-0.39, 0.29) is 11.9 Å². The van der Waals surface area contributed by atoms with E-state index in [1.807, 2.05) is 0 Å². The van der Waals surface area contributed by atoms with Crippen molar-refractivity contribution in [3.05, 3.63) is 17.8 Å². The van der Waals surface area contributed by atoms with Crippen molar-refractivity contribution in [3.63, 3.8) is 0 Å². The molecule has 0 aliphatic carbocycles. The van der Waals surface area contributed by atoms with Crippen LogP contribution in [0.2, 0.25) is 0 Å². The number of hydrogen-bond acceptors (Lipinski definition) is 5. The molecule has 1 unspecified atom stereocenters. The Morgan fingerprint density at radius 2 is 2.17 bits per heavy atom. The highest BCUT2D eigenvalue weighted by Gasteiger charge is 2.10. The van der Waals surface area contributed by atoms with Gasteiger partial charge >= 0.3 is 0 Å². The average molecular weight is 251 g/mol. The van der Waals surface area contributed by atoms with Crippen LogP contribution in [-0.4, -0.2) is 47.7 Å². The van der Waals surface area contributed by atoms with Gasteiger partial charge in [0.1, 0.15) is 5.82 Å². The Morgan fingerprint density at radius 3 is 2.67 bits per heavy atom. The summed E-state index contributed by atoms with van der Waals surface area (Å²) in [4.78, 5) is 13.1. The maximum Gasteiger partial charge on any atom is 0.273 e. The van der Waals surface area contributed by atoms with E-state index >= 15 is 0 Å². The van der Waals surface area contributed by atoms with Crippen LogP contribution >= 0.6 is 0 Å². The van der Waals surface area contributed by atoms with Crippen molar-refractivity contribution >= 4 is 11.7 Å². The zero-order valence-electron chi connectivity index (χ0n) is 11.2. The molecule has 1 atom stereocenters. The molecule has 0 bridgehead atoms. The summed E-state index contributed by atoms with van der Waals surface area (Å²) in [5, 5.41) is 10.9. The zero-order valence-corrected chi connectivity index (χ0v) is 11.2. The zero-order chi connectivity index (χ0) is 13.5. The van der Waals surface area contributed by atoms with E-state index in [0.29, 0.717) is 18.1 Å². The van der Waals surface area contributed by atoms with Gasteiger partial charge < -0.3 is 16.0 Å². The van der Waals surface area contributed by atoms with Crippen molar-refractivity contribution in [1.29, 1.82) is 0 Å². The molecule has 0 saturated heterocycles. The topological polar surface area (TPSA) is 84.1 Å². The predicted octanol–water partition coefficient (Wildman–Crippen LogP) is 0.718. The molecule has 0 saturated carbocycles. The predicted molar refractivity (Wildman–Crippen MR) is 71.4 cm³/mol. The Bertz CT molecular complexity index is 377. The first-order valence-corrected chi connectivity index (χ1v) is 6.09. The van der Waals surface area contributed by atoms with Crippen LogP contribution in [-0.2, 0) is 0 Å². The van der Waals surface area contributed by atoms with Crippen molar-refractivity contribution < 1.29 is 4.79 Å². The summed E-state index contributed by atoms with van der Waals surface area (Å²) in [6.07, 6.45) is 2.03. The first kappa shape index (κ1) is 14.4. The standard InChI is InChI=1S/C12H21N5O/c1-4-5-9(13)8-14-11-7-6-10(15-16-11)12(18)17(2)3/h6-7,9H,4-5,8,13H2,1-3H3,(H,14,16). The van der Waals surface area contributed by atoms with Crippen LogP contribution in [0.5, 0.6) is 0 Å². The molecule has 0 aromatic carbocycles. The molecule has 0 aliphatic heterocycles. The Balaban J connectivity index is 2.53. The SMILES string of the molecule is CCCC(N)CNc1ccc(C(=O)N(C)C)nn1. The van der Waals surface area contributed by atoms with Gasteiger partial charge in [0.15, 0.2) is 5.69 Å². The molecule has 0 fully saturated rings. The van der Waals surface area contributed by atoms with Crippen molar-refractivity contribution in [1.82, 2.24) is 15.1 Å². The highest BCUT2D eigenvalue weighted by Crippen LogP contribution is 2.04. The molecule has 1 aromatic rings. The third-order valence-corrected chi connectivity index (χ3v) is 2.49. The number of nitrogens with two attached hydrogens (primary N) is 1. The summed E-state index contributed by atoms with van der Waals surface area (Å²) in [6.45, 7) is 2.75. The molecule has 1 aromatic heterocycles. The fourth-order valence-corrected chi connectivity index (χ4v) is 1.48. The molecule has 6 nitrogen and oxygen atoms in total. The van der Waals surface area contributed by atoms with E-state index < -0.39 is 0 Å². The minimum absolute atomic E-state index is 0.111. The number of nitrogens with zero attached hydrogens (tertiary/aromatic N) is 3. The Hall–Kier alpha value is -1.69. The van der Waals surface area contributed by atoms with Gasteiger partial charge in [0.05, 0.1) is 0 Å². The van der Waals surface area contributed by atoms with Crippen molar-refractivity contribution in [3.8, 4) is 0 Å². The van der Waals surface area contributed by atoms with Gasteiger partial charge in [0.25, 0.3) is 5.91 Å². The van der Waals surface area contributed by atoms with Crippen molar-refractivity contribution in [2.45, 2.75) is 25.8 Å². The quantitative estimate of drug-likeness (QED) is 0.778. The fraction of sp³-hybridized carbons (Fsp3) is 0.583. The van der Waals surface area contributed by atoms with Crippen molar-refractivity contribution in [2.75, 3.05) is 26.0 Å². The van der Waals surface area contributed by atoms with Gasteiger partial charge in [0, 0.05) is 26.7 Å². The second-order valence-electron chi connectivity index (χ2n) is 4.43. The number of carbonyl (C=O) groups is 1. The van der Waals surface area contributed by atoms with Crippen LogP contribution in [0.15, 0.2) is 12.1 Å². The van der Waals surface area contributed by atoms with E-state index in [4.69, 9.17) is 5.73 Å². The second kappa shape index (κ2) is 6.90. The smallest absolute Gasteiger partial charge is 0.273 e. The Kier molecular flexibility index (Phi) is 5.51. The molecule has 0 radical (unpaired) electrons. The molecule has 1 rings (SSSR count). The van der Waals surface area contributed by atoms with Gasteiger partial charge in [-0.2, -0.15) is 0 Å². The second-order valence-corrected chi connectivity index (χ2v) is 4.43. The molecule has 0 spiro atoms. The normalized spacial score (nSPS) is 12.0. The van der Waals surface area contributed by atoms with Gasteiger partial charge in [0.2, 0.25) is 0 Å². The van der Waals surface area contributed by atoms with E-state index in [1.54, 1.807) is 26.2 Å². The molecule has 18 heavy (non-hydrogen) atoms. The lowest BCUT2D eigenvalue weighted by Crippen LogP contribution is -2.29. The van der Waals surface area contributed by atoms with Gasteiger partial charge in [-0.3, -0.25) is 4.79 Å². The van der Waals surface area contributed by atoms with Crippen LogP contribution in [0.25, 0.3) is 0 Å². The summed E-state index contributed by atoms with van der Waals surface area (Å²) < 4.78 is 0. The van der Waals surface area contributed by atoms with E-state index in [0.717, 1.165) is 12.8 Å². The van der Waals surface area contributed by atoms with Crippen LogP contribution in [0.3, 0.4) is 0 Å². The monoisotopic (exact) mass is 251 g/mol. The van der Waals surface area contributed by atoms with Crippen molar-refractivity contribution in [2.24, 2.45) is 5.73 Å². The lowest BCUT2D eigenvalue weighted by atomic mass is 10.2.